The van der Waals surface area contributed by atoms with Crippen LogP contribution in [0.2, 0.25) is 5.02 Å². The summed E-state index contributed by atoms with van der Waals surface area (Å²) in [5.74, 6) is -0.422. The Bertz CT molecular complexity index is 325. The van der Waals surface area contributed by atoms with Crippen LogP contribution in [0, 0.1) is 5.82 Å². The zero-order chi connectivity index (χ0) is 10.6. The number of amides is 1. The second-order valence-corrected chi connectivity index (χ2v) is 3.47. The minimum absolute atomic E-state index is 0.0287. The van der Waals surface area contributed by atoms with E-state index in [1.807, 2.05) is 0 Å². The van der Waals surface area contributed by atoms with E-state index in [4.69, 9.17) is 11.6 Å². The van der Waals surface area contributed by atoms with Crippen LogP contribution < -0.4 is 5.32 Å². The average Bonchev–Trinajstić information content (AvgIpc) is 2.12. The molecule has 1 aromatic rings. The van der Waals surface area contributed by atoms with Crippen LogP contribution in [0.5, 0.6) is 0 Å². The van der Waals surface area contributed by atoms with E-state index < -0.39 is 5.82 Å². The van der Waals surface area contributed by atoms with Crippen molar-refractivity contribution in [3.8, 4) is 0 Å². The van der Waals surface area contributed by atoms with E-state index in [1.165, 1.54) is 18.2 Å². The lowest BCUT2D eigenvalue weighted by Crippen LogP contribution is -2.13. The highest BCUT2D eigenvalue weighted by Gasteiger charge is 2.09. The lowest BCUT2D eigenvalue weighted by molar-refractivity contribution is -0.115. The van der Waals surface area contributed by atoms with Crippen LogP contribution in [0.15, 0.2) is 18.2 Å². The van der Waals surface area contributed by atoms with Gasteiger partial charge in [-0.25, -0.2) is 4.39 Å². The van der Waals surface area contributed by atoms with Crippen molar-refractivity contribution < 1.29 is 9.18 Å². The third-order valence-electron chi connectivity index (χ3n) is 1.57. The molecule has 0 unspecified atom stereocenters. The van der Waals surface area contributed by atoms with E-state index in [2.05, 4.69) is 17.9 Å². The van der Waals surface area contributed by atoms with Crippen LogP contribution in [-0.4, -0.2) is 11.7 Å². The topological polar surface area (TPSA) is 29.1 Å². The first-order valence-electron chi connectivity index (χ1n) is 4.00. The average molecular weight is 234 g/mol. The molecule has 0 saturated carbocycles. The number of thiol groups is 1. The third-order valence-corrected chi connectivity index (χ3v) is 2.10. The molecule has 0 bridgehead atoms. The Labute approximate surface area is 91.9 Å². The SMILES string of the molecule is O=C(CCS)Nc1c(F)cccc1Cl. The Balaban J connectivity index is 2.80. The summed E-state index contributed by atoms with van der Waals surface area (Å²) < 4.78 is 13.1. The van der Waals surface area contributed by atoms with Crippen LogP contribution in [0.25, 0.3) is 0 Å². The van der Waals surface area contributed by atoms with Crippen molar-refractivity contribution in [3.05, 3.63) is 29.0 Å². The van der Waals surface area contributed by atoms with Crippen LogP contribution in [0.1, 0.15) is 6.42 Å². The number of carbonyl (C=O) groups excluding carboxylic acids is 1. The third kappa shape index (κ3) is 2.89. The first-order chi connectivity index (χ1) is 6.65. The van der Waals surface area contributed by atoms with Crippen LogP contribution >= 0.6 is 24.2 Å². The molecule has 0 saturated heterocycles. The van der Waals surface area contributed by atoms with Gasteiger partial charge in [0.15, 0.2) is 0 Å². The smallest absolute Gasteiger partial charge is 0.225 e. The molecule has 1 N–H and O–H groups in total. The molecule has 76 valence electrons. The molecule has 0 aliphatic rings. The van der Waals surface area contributed by atoms with Crippen LogP contribution in [0.3, 0.4) is 0 Å². The Kier molecular flexibility index (Phi) is 4.22. The van der Waals surface area contributed by atoms with Gasteiger partial charge in [0.2, 0.25) is 5.91 Å². The maximum absolute atomic E-state index is 13.1. The number of halogens is 2. The molecule has 0 heterocycles. The van der Waals surface area contributed by atoms with Gasteiger partial charge in [0, 0.05) is 6.42 Å². The standard InChI is InChI=1S/C9H9ClFNOS/c10-6-2-1-3-7(11)9(6)12-8(13)4-5-14/h1-3,14H,4-5H2,(H,12,13). The molecule has 1 amide bonds. The lowest BCUT2D eigenvalue weighted by atomic mass is 10.3. The van der Waals surface area contributed by atoms with Crippen LogP contribution in [-0.2, 0) is 4.79 Å². The molecule has 0 aliphatic carbocycles. The highest BCUT2D eigenvalue weighted by Crippen LogP contribution is 2.24. The minimum atomic E-state index is -0.537. The fourth-order valence-electron chi connectivity index (χ4n) is 0.921. The monoisotopic (exact) mass is 233 g/mol. The molecule has 0 aliphatic heterocycles. The van der Waals surface area contributed by atoms with E-state index in [9.17, 15) is 9.18 Å². The highest BCUT2D eigenvalue weighted by atomic mass is 35.5. The van der Waals surface area contributed by atoms with Crippen molar-refractivity contribution in [2.75, 3.05) is 11.1 Å². The van der Waals surface area contributed by atoms with E-state index in [0.29, 0.717) is 5.75 Å². The van der Waals surface area contributed by atoms with Crippen molar-refractivity contribution in [1.29, 1.82) is 0 Å². The molecular weight excluding hydrogens is 225 g/mol. The highest BCUT2D eigenvalue weighted by molar-refractivity contribution is 7.80. The van der Waals surface area contributed by atoms with Gasteiger partial charge in [-0.1, -0.05) is 17.7 Å². The number of anilines is 1. The Morgan fingerprint density at radius 3 is 2.86 bits per heavy atom. The van der Waals surface area contributed by atoms with Gasteiger partial charge in [-0.15, -0.1) is 0 Å². The summed E-state index contributed by atoms with van der Waals surface area (Å²) in [6.07, 6.45) is 0.230. The molecule has 2 nitrogen and oxygen atoms in total. The van der Waals surface area contributed by atoms with Crippen molar-refractivity contribution in [2.24, 2.45) is 0 Å². The van der Waals surface area contributed by atoms with Crippen LogP contribution in [0.4, 0.5) is 10.1 Å². The van der Waals surface area contributed by atoms with E-state index in [-0.39, 0.29) is 23.0 Å². The molecule has 5 heteroatoms. The fraction of sp³-hybridized carbons (Fsp3) is 0.222. The number of hydrogen-bond acceptors (Lipinski definition) is 2. The van der Waals surface area contributed by atoms with Crippen molar-refractivity contribution in [1.82, 2.24) is 0 Å². The largest absolute Gasteiger partial charge is 0.322 e. The molecule has 14 heavy (non-hydrogen) atoms. The zero-order valence-electron chi connectivity index (χ0n) is 7.26. The van der Waals surface area contributed by atoms with Gasteiger partial charge in [0.25, 0.3) is 0 Å². The fourth-order valence-corrected chi connectivity index (χ4v) is 1.33. The predicted molar refractivity (Wildman–Crippen MR) is 58.5 cm³/mol. The van der Waals surface area contributed by atoms with Gasteiger partial charge in [0.1, 0.15) is 5.82 Å². The quantitative estimate of drug-likeness (QED) is 0.773. The summed E-state index contributed by atoms with van der Waals surface area (Å²) in [4.78, 5) is 11.1. The predicted octanol–water partition coefficient (Wildman–Crippen LogP) is 2.74. The van der Waals surface area contributed by atoms with Crippen molar-refractivity contribution >= 4 is 35.8 Å². The first kappa shape index (κ1) is 11.3. The van der Waals surface area contributed by atoms with Gasteiger partial charge in [-0.2, -0.15) is 12.6 Å². The van der Waals surface area contributed by atoms with Crippen molar-refractivity contribution in [2.45, 2.75) is 6.42 Å². The molecule has 0 aromatic heterocycles. The number of carbonyl (C=O) groups is 1. The Morgan fingerprint density at radius 1 is 1.57 bits per heavy atom. The molecular formula is C9H9ClFNOS. The maximum atomic E-state index is 13.1. The Morgan fingerprint density at radius 2 is 2.29 bits per heavy atom. The molecule has 0 atom stereocenters. The van der Waals surface area contributed by atoms with E-state index in [0.717, 1.165) is 0 Å². The summed E-state index contributed by atoms with van der Waals surface area (Å²) in [5.41, 5.74) is 0.0287. The van der Waals surface area contributed by atoms with Gasteiger partial charge in [-0.05, 0) is 17.9 Å². The number of para-hydroxylation sites is 1. The number of nitrogens with one attached hydrogen (secondary N) is 1. The molecule has 1 aromatic carbocycles. The van der Waals surface area contributed by atoms with Gasteiger partial charge in [0.05, 0.1) is 10.7 Å². The van der Waals surface area contributed by atoms with Gasteiger partial charge in [-0.3, -0.25) is 4.79 Å². The summed E-state index contributed by atoms with van der Waals surface area (Å²) >= 11 is 9.59. The Hall–Kier alpha value is -0.740. The normalized spacial score (nSPS) is 9.93. The summed E-state index contributed by atoms with van der Waals surface area (Å²) in [5, 5.41) is 2.58. The summed E-state index contributed by atoms with van der Waals surface area (Å²) in [7, 11) is 0. The van der Waals surface area contributed by atoms with Gasteiger partial charge >= 0.3 is 0 Å². The van der Waals surface area contributed by atoms with Gasteiger partial charge < -0.3 is 5.32 Å². The van der Waals surface area contributed by atoms with E-state index in [1.54, 1.807) is 0 Å². The molecule has 1 rings (SSSR count). The number of rotatable bonds is 3. The molecule has 0 spiro atoms. The number of hydrogen-bond donors (Lipinski definition) is 2. The summed E-state index contributed by atoms with van der Waals surface area (Å²) in [6, 6.07) is 4.23. The number of benzene rings is 1. The minimum Gasteiger partial charge on any atom is -0.322 e. The second-order valence-electron chi connectivity index (χ2n) is 2.62. The molecule has 0 radical (unpaired) electrons. The maximum Gasteiger partial charge on any atom is 0.225 e. The van der Waals surface area contributed by atoms with E-state index >= 15 is 0 Å². The zero-order valence-corrected chi connectivity index (χ0v) is 8.91. The lowest BCUT2D eigenvalue weighted by Gasteiger charge is -2.06. The second kappa shape index (κ2) is 5.22. The summed E-state index contributed by atoms with van der Waals surface area (Å²) in [6.45, 7) is 0. The molecule has 0 fully saturated rings. The van der Waals surface area contributed by atoms with Crippen molar-refractivity contribution in [3.63, 3.8) is 0 Å². The first-order valence-corrected chi connectivity index (χ1v) is 5.01.